The van der Waals surface area contributed by atoms with Crippen molar-refractivity contribution >= 4 is 10.1 Å². The SMILES string of the molecule is O=S(=O)([O-])CCCCCCCCCCCCCCCCCCO.[Na+]. The molecule has 0 saturated carbocycles. The summed E-state index contributed by atoms with van der Waals surface area (Å²) in [5.41, 5.74) is 0. The summed E-state index contributed by atoms with van der Waals surface area (Å²) in [5.74, 6) is -0.200. The topological polar surface area (TPSA) is 77.4 Å². The molecule has 0 aliphatic heterocycles. The summed E-state index contributed by atoms with van der Waals surface area (Å²) in [6.07, 6.45) is 18.8. The second kappa shape index (κ2) is 20.2. The van der Waals surface area contributed by atoms with Crippen molar-refractivity contribution in [1.29, 1.82) is 0 Å². The van der Waals surface area contributed by atoms with Gasteiger partial charge in [0.15, 0.2) is 0 Å². The van der Waals surface area contributed by atoms with E-state index in [2.05, 4.69) is 0 Å². The van der Waals surface area contributed by atoms with Crippen LogP contribution in [-0.2, 0) is 10.1 Å². The average molecular weight is 373 g/mol. The van der Waals surface area contributed by atoms with E-state index in [1.54, 1.807) is 0 Å². The zero-order chi connectivity index (χ0) is 17.2. The van der Waals surface area contributed by atoms with Crippen molar-refractivity contribution in [3.63, 3.8) is 0 Å². The van der Waals surface area contributed by atoms with E-state index in [9.17, 15) is 13.0 Å². The van der Waals surface area contributed by atoms with E-state index in [-0.39, 0.29) is 35.3 Å². The summed E-state index contributed by atoms with van der Waals surface area (Å²) >= 11 is 0. The minimum absolute atomic E-state index is 0. The number of aliphatic hydroxyl groups is 1. The maximum absolute atomic E-state index is 10.4. The number of hydrogen-bond donors (Lipinski definition) is 1. The molecule has 0 radical (unpaired) electrons. The van der Waals surface area contributed by atoms with E-state index in [1.807, 2.05) is 0 Å². The molecule has 0 fully saturated rings. The van der Waals surface area contributed by atoms with Gasteiger partial charge in [0.25, 0.3) is 0 Å². The maximum Gasteiger partial charge on any atom is 1.00 e. The molecule has 0 aromatic heterocycles. The molecule has 0 bridgehead atoms. The van der Waals surface area contributed by atoms with Gasteiger partial charge >= 0.3 is 29.6 Å². The van der Waals surface area contributed by atoms with Crippen molar-refractivity contribution in [2.45, 2.75) is 103 Å². The first-order valence-corrected chi connectivity index (χ1v) is 11.2. The van der Waals surface area contributed by atoms with Crippen LogP contribution in [0.5, 0.6) is 0 Å². The molecule has 0 aromatic rings. The Labute approximate surface area is 172 Å². The van der Waals surface area contributed by atoms with Crippen LogP contribution in [0.1, 0.15) is 103 Å². The predicted octanol–water partition coefficient (Wildman–Crippen LogP) is 1.77. The third-order valence-corrected chi connectivity index (χ3v) is 5.09. The maximum atomic E-state index is 10.4. The summed E-state index contributed by atoms with van der Waals surface area (Å²) < 4.78 is 31.3. The Balaban J connectivity index is 0. The quantitative estimate of drug-likeness (QED) is 0.226. The molecule has 6 heteroatoms. The summed E-state index contributed by atoms with van der Waals surface area (Å²) in [7, 11) is -4.00. The van der Waals surface area contributed by atoms with Gasteiger partial charge in [0.1, 0.15) is 0 Å². The van der Waals surface area contributed by atoms with E-state index in [1.165, 1.54) is 70.6 Å². The predicted molar refractivity (Wildman–Crippen MR) is 95.5 cm³/mol. The number of unbranched alkanes of at least 4 members (excludes halogenated alkanes) is 15. The Bertz CT molecular complexity index is 334. The van der Waals surface area contributed by atoms with Gasteiger partial charge in [-0.05, 0) is 12.8 Å². The first-order chi connectivity index (χ1) is 11.1. The number of aliphatic hydroxyl groups excluding tert-OH is 1. The van der Waals surface area contributed by atoms with Gasteiger partial charge in [0.05, 0.1) is 10.1 Å². The fourth-order valence-electron chi connectivity index (χ4n) is 2.87. The van der Waals surface area contributed by atoms with Gasteiger partial charge < -0.3 is 9.66 Å². The van der Waals surface area contributed by atoms with Gasteiger partial charge in [-0.3, -0.25) is 0 Å². The number of rotatable bonds is 18. The van der Waals surface area contributed by atoms with E-state index >= 15 is 0 Å². The third-order valence-electron chi connectivity index (χ3n) is 4.30. The molecule has 4 nitrogen and oxygen atoms in total. The Kier molecular flexibility index (Phi) is 22.8. The van der Waals surface area contributed by atoms with Gasteiger partial charge in [-0.25, -0.2) is 8.42 Å². The second-order valence-corrected chi connectivity index (χ2v) is 8.17. The van der Waals surface area contributed by atoms with Gasteiger partial charge in [0, 0.05) is 12.4 Å². The molecule has 0 aliphatic rings. The van der Waals surface area contributed by atoms with Gasteiger partial charge in [-0.2, -0.15) is 0 Å². The van der Waals surface area contributed by atoms with Crippen molar-refractivity contribution in [2.75, 3.05) is 12.4 Å². The molecule has 0 saturated heterocycles. The van der Waals surface area contributed by atoms with E-state index in [0.717, 1.165) is 25.7 Å². The molecule has 0 heterocycles. The van der Waals surface area contributed by atoms with Gasteiger partial charge in [0.2, 0.25) is 0 Å². The van der Waals surface area contributed by atoms with Gasteiger partial charge in [-0.1, -0.05) is 89.9 Å². The van der Waals surface area contributed by atoms with Crippen LogP contribution in [0.15, 0.2) is 0 Å². The van der Waals surface area contributed by atoms with Gasteiger partial charge in [-0.15, -0.1) is 0 Å². The Morgan fingerprint density at radius 3 is 1.04 bits per heavy atom. The average Bonchev–Trinajstić information content (AvgIpc) is 2.49. The molecule has 24 heavy (non-hydrogen) atoms. The van der Waals surface area contributed by atoms with E-state index in [4.69, 9.17) is 5.11 Å². The first kappa shape index (κ1) is 27.1. The number of hydrogen-bond acceptors (Lipinski definition) is 4. The molecule has 0 spiro atoms. The molecule has 140 valence electrons. The van der Waals surface area contributed by atoms with Crippen molar-refractivity contribution in [3.8, 4) is 0 Å². The fraction of sp³-hybridized carbons (Fsp3) is 1.00. The summed E-state index contributed by atoms with van der Waals surface area (Å²) in [6, 6.07) is 0. The molecule has 0 aliphatic carbocycles. The molecule has 0 atom stereocenters. The van der Waals surface area contributed by atoms with Crippen LogP contribution >= 0.6 is 0 Å². The minimum Gasteiger partial charge on any atom is -0.748 e. The van der Waals surface area contributed by atoms with Crippen molar-refractivity contribution in [1.82, 2.24) is 0 Å². The molecule has 0 amide bonds. The van der Waals surface area contributed by atoms with Crippen LogP contribution in [-0.4, -0.2) is 30.4 Å². The van der Waals surface area contributed by atoms with Crippen LogP contribution in [0, 0.1) is 0 Å². The monoisotopic (exact) mass is 372 g/mol. The van der Waals surface area contributed by atoms with Crippen LogP contribution in [0.4, 0.5) is 0 Å². The zero-order valence-electron chi connectivity index (χ0n) is 15.8. The molecular formula is C18H37NaO4S. The van der Waals surface area contributed by atoms with Crippen LogP contribution in [0.25, 0.3) is 0 Å². The normalized spacial score (nSPS) is 11.4. The summed E-state index contributed by atoms with van der Waals surface area (Å²) in [6.45, 7) is 0.335. The van der Waals surface area contributed by atoms with Crippen LogP contribution in [0.2, 0.25) is 0 Å². The van der Waals surface area contributed by atoms with Crippen molar-refractivity contribution in [3.05, 3.63) is 0 Å². The summed E-state index contributed by atoms with van der Waals surface area (Å²) in [5, 5.41) is 8.68. The first-order valence-electron chi connectivity index (χ1n) is 9.60. The Morgan fingerprint density at radius 2 is 0.792 bits per heavy atom. The second-order valence-electron chi connectivity index (χ2n) is 6.64. The largest absolute Gasteiger partial charge is 1.00 e. The molecule has 1 N–H and O–H groups in total. The standard InChI is InChI=1S/C18H38O4S.Na/c19-17-15-13-11-9-7-5-3-1-2-4-6-8-10-12-14-16-18-23(20,21)22;/h19H,1-18H2,(H,20,21,22);/q;+1/p-1. The molecular weight excluding hydrogens is 335 g/mol. The third kappa shape index (κ3) is 25.1. The molecule has 0 rings (SSSR count). The fourth-order valence-corrected chi connectivity index (χ4v) is 3.42. The molecule has 0 aromatic carbocycles. The smallest absolute Gasteiger partial charge is 0.748 e. The Hall–Kier alpha value is 0.870. The van der Waals surface area contributed by atoms with Crippen LogP contribution in [0.3, 0.4) is 0 Å². The minimum atomic E-state index is -4.00. The Morgan fingerprint density at radius 1 is 0.542 bits per heavy atom. The van der Waals surface area contributed by atoms with E-state index < -0.39 is 10.1 Å². The van der Waals surface area contributed by atoms with E-state index in [0.29, 0.717) is 13.0 Å². The summed E-state index contributed by atoms with van der Waals surface area (Å²) in [4.78, 5) is 0. The molecule has 0 unspecified atom stereocenters. The van der Waals surface area contributed by atoms with Crippen LogP contribution < -0.4 is 29.6 Å². The van der Waals surface area contributed by atoms with Crippen molar-refractivity contribution in [2.24, 2.45) is 0 Å². The van der Waals surface area contributed by atoms with Crippen molar-refractivity contribution < 1.29 is 47.6 Å². The zero-order valence-corrected chi connectivity index (χ0v) is 18.6.